The van der Waals surface area contributed by atoms with E-state index < -0.39 is 27.6 Å². The summed E-state index contributed by atoms with van der Waals surface area (Å²) in [5.74, 6) is 0.171. The molecule has 9 heteroatoms. The average molecular weight is 456 g/mol. The summed E-state index contributed by atoms with van der Waals surface area (Å²) < 4.78 is 30.8. The van der Waals surface area contributed by atoms with E-state index in [0.717, 1.165) is 15.7 Å². The maximum Gasteiger partial charge on any atom is 0.410 e. The number of benzene rings is 1. The molecule has 146 valence electrons. The van der Waals surface area contributed by atoms with Gasteiger partial charge in [-0.05, 0) is 38.5 Å². The van der Waals surface area contributed by atoms with Gasteiger partial charge in [-0.15, -0.1) is 0 Å². The molecule has 0 bridgehead atoms. The molecule has 1 amide bonds. The predicted octanol–water partition coefficient (Wildman–Crippen LogP) is 3.55. The summed E-state index contributed by atoms with van der Waals surface area (Å²) in [6, 6.07) is 6.96. The summed E-state index contributed by atoms with van der Waals surface area (Å²) in [4.78, 5) is 21.5. The van der Waals surface area contributed by atoms with E-state index in [1.807, 2.05) is 24.3 Å². The lowest BCUT2D eigenvalue weighted by Crippen LogP contribution is -2.48. The lowest BCUT2D eigenvalue weighted by atomic mass is 10.2. The van der Waals surface area contributed by atoms with Gasteiger partial charge in [0.05, 0.1) is 23.4 Å². The highest BCUT2D eigenvalue weighted by molar-refractivity contribution is 9.10. The van der Waals surface area contributed by atoms with E-state index in [-0.39, 0.29) is 18.1 Å². The van der Waals surface area contributed by atoms with Crippen LogP contribution in [0.3, 0.4) is 0 Å². The number of rotatable bonds is 2. The molecule has 1 aliphatic heterocycles. The van der Waals surface area contributed by atoms with E-state index in [4.69, 9.17) is 4.74 Å². The number of aromatic nitrogens is 2. The van der Waals surface area contributed by atoms with Crippen molar-refractivity contribution in [1.29, 1.82) is 0 Å². The summed E-state index contributed by atoms with van der Waals surface area (Å²) >= 11 is 3.40. The highest BCUT2D eigenvalue weighted by atomic mass is 79.9. The van der Waals surface area contributed by atoms with Gasteiger partial charge in [0, 0.05) is 11.0 Å². The zero-order valence-corrected chi connectivity index (χ0v) is 17.8. The number of halogens is 1. The Morgan fingerprint density at radius 3 is 2.59 bits per heavy atom. The maximum absolute atomic E-state index is 12.6. The van der Waals surface area contributed by atoms with Crippen LogP contribution in [0.1, 0.15) is 32.6 Å². The fourth-order valence-electron chi connectivity index (χ4n) is 2.85. The minimum absolute atomic E-state index is 0.0796. The van der Waals surface area contributed by atoms with E-state index in [2.05, 4.69) is 25.9 Å². The molecular weight excluding hydrogens is 434 g/mol. The second-order valence-corrected chi connectivity index (χ2v) is 10.6. The Morgan fingerprint density at radius 2 is 1.96 bits per heavy atom. The predicted molar refractivity (Wildman–Crippen MR) is 106 cm³/mol. The third kappa shape index (κ3) is 4.90. The van der Waals surface area contributed by atoms with E-state index in [1.165, 1.54) is 4.90 Å². The molecule has 0 unspecified atom stereocenters. The first-order valence-electron chi connectivity index (χ1n) is 8.55. The number of amides is 1. The molecule has 1 fully saturated rings. The lowest BCUT2D eigenvalue weighted by Gasteiger charge is -2.35. The zero-order chi connectivity index (χ0) is 19.8. The van der Waals surface area contributed by atoms with Crippen LogP contribution in [0.5, 0.6) is 0 Å². The fourth-order valence-corrected chi connectivity index (χ4v) is 4.58. The van der Waals surface area contributed by atoms with E-state index in [0.29, 0.717) is 5.82 Å². The van der Waals surface area contributed by atoms with Crippen LogP contribution >= 0.6 is 15.9 Å². The van der Waals surface area contributed by atoms with Gasteiger partial charge in [-0.3, -0.25) is 4.90 Å². The van der Waals surface area contributed by atoms with Crippen LogP contribution in [-0.4, -0.2) is 53.0 Å². The first-order valence-corrected chi connectivity index (χ1v) is 11.2. The summed E-state index contributed by atoms with van der Waals surface area (Å²) in [6.07, 6.45) is 1.11. The number of aromatic amines is 1. The van der Waals surface area contributed by atoms with Crippen molar-refractivity contribution < 1.29 is 17.9 Å². The normalized spacial score (nSPS) is 19.7. The van der Waals surface area contributed by atoms with Crippen molar-refractivity contribution in [3.05, 3.63) is 40.8 Å². The molecule has 2 aromatic rings. The smallest absolute Gasteiger partial charge is 0.410 e. The maximum atomic E-state index is 12.6. The van der Waals surface area contributed by atoms with Crippen LogP contribution in [0.2, 0.25) is 0 Å². The minimum atomic E-state index is -3.27. The number of carbonyl (C=O) groups is 1. The minimum Gasteiger partial charge on any atom is -0.444 e. The third-order valence-electron chi connectivity index (χ3n) is 4.13. The van der Waals surface area contributed by atoms with E-state index in [9.17, 15) is 13.2 Å². The van der Waals surface area contributed by atoms with Crippen molar-refractivity contribution in [3.8, 4) is 11.3 Å². The number of sulfone groups is 1. The highest BCUT2D eigenvalue weighted by Gasteiger charge is 2.38. The topological polar surface area (TPSA) is 92.4 Å². The molecule has 1 aliphatic rings. The molecule has 0 saturated carbocycles. The van der Waals surface area contributed by atoms with Gasteiger partial charge in [-0.1, -0.05) is 28.1 Å². The fraction of sp³-hybridized carbons (Fsp3) is 0.444. The average Bonchev–Trinajstić information content (AvgIpc) is 3.02. The van der Waals surface area contributed by atoms with Crippen molar-refractivity contribution in [3.63, 3.8) is 0 Å². The Morgan fingerprint density at radius 1 is 1.30 bits per heavy atom. The highest BCUT2D eigenvalue weighted by Crippen LogP contribution is 2.29. The van der Waals surface area contributed by atoms with Crippen molar-refractivity contribution >= 4 is 31.9 Å². The third-order valence-corrected chi connectivity index (χ3v) is 6.28. The van der Waals surface area contributed by atoms with Gasteiger partial charge >= 0.3 is 6.09 Å². The number of ether oxygens (including phenoxy) is 1. The van der Waals surface area contributed by atoms with Crippen molar-refractivity contribution in [2.45, 2.75) is 32.4 Å². The van der Waals surface area contributed by atoms with Gasteiger partial charge in [0.25, 0.3) is 0 Å². The summed E-state index contributed by atoms with van der Waals surface area (Å²) in [6.45, 7) is 5.41. The summed E-state index contributed by atoms with van der Waals surface area (Å²) in [5, 5.41) is 0. The second-order valence-electron chi connectivity index (χ2n) is 7.49. The van der Waals surface area contributed by atoms with Crippen LogP contribution in [-0.2, 0) is 14.6 Å². The monoisotopic (exact) mass is 455 g/mol. The van der Waals surface area contributed by atoms with E-state index in [1.54, 1.807) is 27.0 Å². The molecule has 1 N–H and O–H groups in total. The Hall–Kier alpha value is -1.87. The van der Waals surface area contributed by atoms with Gasteiger partial charge in [0.2, 0.25) is 0 Å². The number of carbonyl (C=O) groups excluding carboxylic acids is 1. The molecule has 1 aromatic carbocycles. The van der Waals surface area contributed by atoms with Gasteiger partial charge in [-0.25, -0.2) is 18.2 Å². The van der Waals surface area contributed by atoms with Gasteiger partial charge < -0.3 is 9.72 Å². The Labute approximate surface area is 167 Å². The molecule has 2 heterocycles. The molecule has 3 rings (SSSR count). The molecule has 7 nitrogen and oxygen atoms in total. The number of nitrogens with zero attached hydrogens (tertiary/aromatic N) is 2. The van der Waals surface area contributed by atoms with Crippen LogP contribution in [0, 0.1) is 0 Å². The number of H-pyrrole nitrogens is 1. The Bertz CT molecular complexity index is 932. The van der Waals surface area contributed by atoms with Gasteiger partial charge in [0.1, 0.15) is 17.5 Å². The molecule has 27 heavy (non-hydrogen) atoms. The SMILES string of the molecule is CC(C)(C)OC(=O)N1CCS(=O)(=O)C[C@H]1c1ncc(-c2ccc(Br)cc2)[nH]1. The van der Waals surface area contributed by atoms with Crippen LogP contribution < -0.4 is 0 Å². The largest absolute Gasteiger partial charge is 0.444 e. The Balaban J connectivity index is 1.90. The molecule has 1 aromatic heterocycles. The number of nitrogens with one attached hydrogen (secondary N) is 1. The molecule has 0 aliphatic carbocycles. The van der Waals surface area contributed by atoms with Crippen LogP contribution in [0.25, 0.3) is 11.3 Å². The van der Waals surface area contributed by atoms with E-state index >= 15 is 0 Å². The van der Waals surface area contributed by atoms with Crippen LogP contribution in [0.4, 0.5) is 4.79 Å². The lowest BCUT2D eigenvalue weighted by molar-refractivity contribution is 0.0174. The van der Waals surface area contributed by atoms with Crippen molar-refractivity contribution in [2.75, 3.05) is 18.1 Å². The first-order chi connectivity index (χ1) is 12.5. The zero-order valence-electron chi connectivity index (χ0n) is 15.4. The number of hydrogen-bond acceptors (Lipinski definition) is 5. The second kappa shape index (κ2) is 7.27. The molecular formula is C18H22BrN3O4S. The van der Waals surface area contributed by atoms with Crippen LogP contribution in [0.15, 0.2) is 34.9 Å². The Kier molecular flexibility index (Phi) is 5.36. The first kappa shape index (κ1) is 19.9. The van der Waals surface area contributed by atoms with Gasteiger partial charge in [0.15, 0.2) is 9.84 Å². The standard InChI is InChI=1S/C18H22BrN3O4S/c1-18(2,3)26-17(23)22-8-9-27(24,25)11-15(22)16-20-10-14(21-16)12-4-6-13(19)7-5-12/h4-7,10,15H,8-9,11H2,1-3H3,(H,20,21)/t15-/m0/s1. The van der Waals surface area contributed by atoms with Crippen molar-refractivity contribution in [2.24, 2.45) is 0 Å². The molecule has 0 spiro atoms. The summed E-state index contributed by atoms with van der Waals surface area (Å²) in [7, 11) is -3.27. The number of imidazole rings is 1. The molecule has 1 saturated heterocycles. The van der Waals surface area contributed by atoms with Crippen molar-refractivity contribution in [1.82, 2.24) is 14.9 Å². The molecule has 1 atom stereocenters. The molecule has 0 radical (unpaired) electrons. The summed E-state index contributed by atoms with van der Waals surface area (Å²) in [5.41, 5.74) is 1.01. The quantitative estimate of drug-likeness (QED) is 0.747. The number of hydrogen-bond donors (Lipinski definition) is 1. The van der Waals surface area contributed by atoms with Gasteiger partial charge in [-0.2, -0.15) is 0 Å².